The molecular weight excluding hydrogens is 260 g/mol. The molecule has 0 bridgehead atoms. The lowest BCUT2D eigenvalue weighted by Crippen LogP contribution is -2.04. The Balaban J connectivity index is 1.89. The third-order valence-corrected chi connectivity index (χ3v) is 3.80. The summed E-state index contributed by atoms with van der Waals surface area (Å²) in [5, 5.41) is 0. The Morgan fingerprint density at radius 3 is 2.71 bits per heavy atom. The first-order valence-electron chi connectivity index (χ1n) is 7.34. The van der Waals surface area contributed by atoms with E-state index in [4.69, 9.17) is 4.74 Å². The van der Waals surface area contributed by atoms with E-state index >= 15 is 0 Å². The molecule has 0 aromatic heterocycles. The van der Waals surface area contributed by atoms with Crippen LogP contribution in [0, 0.1) is 0 Å². The van der Waals surface area contributed by atoms with Crippen LogP contribution in [0.2, 0.25) is 0 Å². The normalized spacial score (nSPS) is 12.8. The van der Waals surface area contributed by atoms with E-state index in [9.17, 15) is 4.79 Å². The molecule has 0 unspecified atom stereocenters. The van der Waals surface area contributed by atoms with Gasteiger partial charge in [-0.15, -0.1) is 0 Å². The molecule has 0 N–H and O–H groups in total. The van der Waals surface area contributed by atoms with Crippen molar-refractivity contribution < 1.29 is 9.53 Å². The van der Waals surface area contributed by atoms with Gasteiger partial charge in [0.1, 0.15) is 0 Å². The van der Waals surface area contributed by atoms with Gasteiger partial charge in [0.2, 0.25) is 0 Å². The molecule has 2 heteroatoms. The fraction of sp³-hybridized carbons (Fsp3) is 0.211. The fourth-order valence-electron chi connectivity index (χ4n) is 2.81. The topological polar surface area (TPSA) is 26.3 Å². The minimum absolute atomic E-state index is 0.291. The van der Waals surface area contributed by atoms with Crippen LogP contribution in [0.4, 0.5) is 0 Å². The summed E-state index contributed by atoms with van der Waals surface area (Å²) in [6.45, 7) is 2.21. The summed E-state index contributed by atoms with van der Waals surface area (Å²) in [4.78, 5) is 11.4. The summed E-state index contributed by atoms with van der Waals surface area (Å²) in [6, 6.07) is 14.9. The SMILES string of the molecule is CCOC(=O)C=Cc1ccc2c(c1)CCc1ccccc1-2. The lowest BCUT2D eigenvalue weighted by molar-refractivity contribution is -0.137. The lowest BCUT2D eigenvalue weighted by Gasteiger charge is -2.20. The summed E-state index contributed by atoms with van der Waals surface area (Å²) in [6.07, 6.45) is 5.43. The van der Waals surface area contributed by atoms with Crippen molar-refractivity contribution in [1.82, 2.24) is 0 Å². The van der Waals surface area contributed by atoms with Crippen molar-refractivity contribution >= 4 is 12.0 Å². The Hall–Kier alpha value is -2.35. The fourth-order valence-corrected chi connectivity index (χ4v) is 2.81. The molecule has 1 aliphatic rings. The van der Waals surface area contributed by atoms with Crippen LogP contribution in [0.1, 0.15) is 23.6 Å². The molecule has 0 atom stereocenters. The number of fused-ring (bicyclic) bond motifs is 3. The number of rotatable bonds is 3. The quantitative estimate of drug-likeness (QED) is 0.626. The van der Waals surface area contributed by atoms with E-state index < -0.39 is 0 Å². The van der Waals surface area contributed by atoms with Gasteiger partial charge in [-0.25, -0.2) is 4.79 Å². The number of ether oxygens (including phenoxy) is 1. The molecule has 0 spiro atoms. The van der Waals surface area contributed by atoms with Crippen molar-refractivity contribution in [3.8, 4) is 11.1 Å². The van der Waals surface area contributed by atoms with Gasteiger partial charge in [0.25, 0.3) is 0 Å². The van der Waals surface area contributed by atoms with E-state index in [0.29, 0.717) is 6.61 Å². The Morgan fingerprint density at radius 2 is 1.86 bits per heavy atom. The molecule has 2 aromatic carbocycles. The number of hydrogen-bond acceptors (Lipinski definition) is 2. The average molecular weight is 278 g/mol. The molecule has 1 aliphatic carbocycles. The second-order valence-electron chi connectivity index (χ2n) is 5.16. The van der Waals surface area contributed by atoms with Crippen LogP contribution >= 0.6 is 0 Å². The summed E-state index contributed by atoms with van der Waals surface area (Å²) in [5.74, 6) is -0.291. The molecule has 0 amide bonds. The first kappa shape index (κ1) is 13.6. The molecule has 3 rings (SSSR count). The summed E-state index contributed by atoms with van der Waals surface area (Å²) in [7, 11) is 0. The minimum Gasteiger partial charge on any atom is -0.463 e. The number of carbonyl (C=O) groups is 1. The van der Waals surface area contributed by atoms with Crippen LogP contribution in [0.3, 0.4) is 0 Å². The maximum atomic E-state index is 11.4. The van der Waals surface area contributed by atoms with Crippen LogP contribution in [0.15, 0.2) is 48.5 Å². The maximum Gasteiger partial charge on any atom is 0.330 e. The largest absolute Gasteiger partial charge is 0.463 e. The number of benzene rings is 2. The van der Waals surface area contributed by atoms with Gasteiger partial charge >= 0.3 is 5.97 Å². The van der Waals surface area contributed by atoms with E-state index in [1.165, 1.54) is 28.3 Å². The Bertz CT molecular complexity index is 698. The summed E-state index contributed by atoms with van der Waals surface area (Å²) in [5.41, 5.74) is 6.45. The highest BCUT2D eigenvalue weighted by Gasteiger charge is 2.15. The van der Waals surface area contributed by atoms with E-state index in [-0.39, 0.29) is 5.97 Å². The van der Waals surface area contributed by atoms with Gasteiger partial charge in [0.15, 0.2) is 0 Å². The number of hydrogen-bond donors (Lipinski definition) is 0. The number of esters is 1. The van der Waals surface area contributed by atoms with Crippen molar-refractivity contribution in [2.75, 3.05) is 6.61 Å². The maximum absolute atomic E-state index is 11.4. The van der Waals surface area contributed by atoms with Crippen LogP contribution < -0.4 is 0 Å². The molecule has 2 nitrogen and oxygen atoms in total. The first-order chi connectivity index (χ1) is 10.3. The molecule has 0 aliphatic heterocycles. The zero-order valence-electron chi connectivity index (χ0n) is 12.1. The highest BCUT2D eigenvalue weighted by atomic mass is 16.5. The van der Waals surface area contributed by atoms with Gasteiger partial charge in [0, 0.05) is 6.08 Å². The third-order valence-electron chi connectivity index (χ3n) is 3.80. The summed E-state index contributed by atoms with van der Waals surface area (Å²) >= 11 is 0. The van der Waals surface area contributed by atoms with Crippen LogP contribution in [-0.4, -0.2) is 12.6 Å². The lowest BCUT2D eigenvalue weighted by atomic mass is 9.85. The molecule has 0 saturated heterocycles. The highest BCUT2D eigenvalue weighted by molar-refractivity contribution is 5.87. The molecular formula is C19H18O2. The number of aryl methyl sites for hydroxylation is 2. The second kappa shape index (κ2) is 5.96. The number of carbonyl (C=O) groups excluding carboxylic acids is 1. The second-order valence-corrected chi connectivity index (χ2v) is 5.16. The van der Waals surface area contributed by atoms with Crippen molar-refractivity contribution in [2.24, 2.45) is 0 Å². The van der Waals surface area contributed by atoms with Gasteiger partial charge in [0.05, 0.1) is 6.61 Å². The zero-order valence-corrected chi connectivity index (χ0v) is 12.1. The van der Waals surface area contributed by atoms with Gasteiger partial charge in [-0.3, -0.25) is 0 Å². The van der Waals surface area contributed by atoms with Crippen molar-refractivity contribution in [2.45, 2.75) is 19.8 Å². The standard InChI is InChI=1S/C19H18O2/c1-2-21-19(20)12-8-14-7-11-18-16(13-14)10-9-15-5-3-4-6-17(15)18/h3-8,11-13H,2,9-10H2,1H3. The summed E-state index contributed by atoms with van der Waals surface area (Å²) < 4.78 is 4.90. The molecule has 21 heavy (non-hydrogen) atoms. The van der Waals surface area contributed by atoms with Gasteiger partial charge in [-0.2, -0.15) is 0 Å². The van der Waals surface area contributed by atoms with Gasteiger partial charge in [-0.05, 0) is 53.7 Å². The van der Waals surface area contributed by atoms with Gasteiger partial charge in [-0.1, -0.05) is 42.5 Å². The van der Waals surface area contributed by atoms with E-state index in [0.717, 1.165) is 18.4 Å². The highest BCUT2D eigenvalue weighted by Crippen LogP contribution is 2.33. The average Bonchev–Trinajstić information content (AvgIpc) is 2.53. The van der Waals surface area contributed by atoms with Crippen LogP contribution in [0.25, 0.3) is 17.2 Å². The first-order valence-corrected chi connectivity index (χ1v) is 7.34. The van der Waals surface area contributed by atoms with Gasteiger partial charge < -0.3 is 4.74 Å². The minimum atomic E-state index is -0.291. The predicted molar refractivity (Wildman–Crippen MR) is 85.0 cm³/mol. The predicted octanol–water partition coefficient (Wildman–Crippen LogP) is 4.03. The molecule has 0 heterocycles. The van der Waals surface area contributed by atoms with Crippen molar-refractivity contribution in [1.29, 1.82) is 0 Å². The molecule has 106 valence electrons. The third kappa shape index (κ3) is 2.89. The van der Waals surface area contributed by atoms with Crippen molar-refractivity contribution in [3.05, 3.63) is 65.2 Å². The van der Waals surface area contributed by atoms with E-state index in [1.807, 2.05) is 13.0 Å². The Morgan fingerprint density at radius 1 is 1.10 bits per heavy atom. The van der Waals surface area contributed by atoms with E-state index in [1.54, 1.807) is 0 Å². The molecule has 2 aromatic rings. The molecule has 0 radical (unpaired) electrons. The monoisotopic (exact) mass is 278 g/mol. The van der Waals surface area contributed by atoms with Crippen LogP contribution in [-0.2, 0) is 22.4 Å². The Kier molecular flexibility index (Phi) is 3.87. The smallest absolute Gasteiger partial charge is 0.330 e. The van der Waals surface area contributed by atoms with Crippen LogP contribution in [0.5, 0.6) is 0 Å². The Labute approximate surface area is 125 Å². The van der Waals surface area contributed by atoms with E-state index in [2.05, 4.69) is 42.5 Å². The molecule has 0 fully saturated rings. The van der Waals surface area contributed by atoms with Crippen molar-refractivity contribution in [3.63, 3.8) is 0 Å². The zero-order chi connectivity index (χ0) is 14.7. The molecule has 0 saturated carbocycles.